The molecule has 0 fully saturated rings. The molecule has 1 rings (SSSR count). The fraction of sp³-hybridized carbons (Fsp3) is 0.556. The largest absolute Gasteiger partial charge is 0.374 e. The molecule has 0 unspecified atom stereocenters. The maximum absolute atomic E-state index is 12.0. The molecule has 16 heavy (non-hydrogen) atoms. The highest BCUT2D eigenvalue weighted by Crippen LogP contribution is 2.15. The van der Waals surface area contributed by atoms with Crippen LogP contribution >= 0.6 is 11.3 Å². The maximum Gasteiger partial charge on any atom is 0.285 e. The van der Waals surface area contributed by atoms with Gasteiger partial charge in [0.1, 0.15) is 0 Å². The van der Waals surface area contributed by atoms with Crippen molar-refractivity contribution in [1.82, 2.24) is 15.1 Å². The molecule has 0 aliphatic rings. The van der Waals surface area contributed by atoms with Crippen LogP contribution in [0, 0.1) is 11.3 Å². The minimum absolute atomic E-state index is 0.0194. The Morgan fingerprint density at radius 1 is 1.62 bits per heavy atom. The first-order valence-electron chi connectivity index (χ1n) is 4.83. The van der Waals surface area contributed by atoms with Crippen LogP contribution in [0.4, 0.5) is 5.13 Å². The van der Waals surface area contributed by atoms with Crippen LogP contribution in [0.2, 0.25) is 0 Å². The highest BCUT2D eigenvalue weighted by atomic mass is 32.1. The van der Waals surface area contributed by atoms with Crippen LogP contribution < -0.4 is 5.73 Å². The Bertz CT molecular complexity index is 408. The van der Waals surface area contributed by atoms with Crippen molar-refractivity contribution in [3.63, 3.8) is 0 Å². The van der Waals surface area contributed by atoms with Gasteiger partial charge < -0.3 is 10.6 Å². The number of rotatable bonds is 4. The molecule has 1 aromatic heterocycles. The van der Waals surface area contributed by atoms with Gasteiger partial charge in [0.15, 0.2) is 0 Å². The molecule has 7 heteroatoms. The predicted octanol–water partition coefficient (Wildman–Crippen LogP) is 0.885. The van der Waals surface area contributed by atoms with Crippen LogP contribution in [0.5, 0.6) is 0 Å². The highest BCUT2D eigenvalue weighted by Gasteiger charge is 2.21. The number of amides is 1. The number of aromatic nitrogens is 2. The number of anilines is 1. The van der Waals surface area contributed by atoms with Gasteiger partial charge in [-0.15, -0.1) is 10.2 Å². The molecule has 0 atom stereocenters. The lowest BCUT2D eigenvalue weighted by Crippen LogP contribution is -2.37. The van der Waals surface area contributed by atoms with Gasteiger partial charge in [0.25, 0.3) is 5.91 Å². The van der Waals surface area contributed by atoms with Crippen LogP contribution in [0.3, 0.4) is 0 Å². The van der Waals surface area contributed by atoms with Crippen LogP contribution in [0.25, 0.3) is 0 Å². The van der Waals surface area contributed by atoms with E-state index in [1.54, 1.807) is 4.90 Å². The topological polar surface area (TPSA) is 95.9 Å². The number of carbonyl (C=O) groups excluding carboxylic acids is 1. The number of hydrogen-bond acceptors (Lipinski definition) is 6. The zero-order valence-corrected chi connectivity index (χ0v) is 9.99. The summed E-state index contributed by atoms with van der Waals surface area (Å²) in [5, 5.41) is 16.3. The number of hydrogen-bond donors (Lipinski definition) is 1. The summed E-state index contributed by atoms with van der Waals surface area (Å²) in [5.74, 6) is -0.223. The van der Waals surface area contributed by atoms with Crippen LogP contribution in [-0.4, -0.2) is 33.6 Å². The minimum atomic E-state index is -0.223. The molecule has 1 heterocycles. The first-order chi connectivity index (χ1) is 7.56. The molecule has 0 saturated heterocycles. The summed E-state index contributed by atoms with van der Waals surface area (Å²) in [4.78, 5) is 13.6. The average molecular weight is 239 g/mol. The second-order valence-corrected chi connectivity index (χ2v) is 4.45. The lowest BCUT2D eigenvalue weighted by molar-refractivity contribution is 0.0709. The Labute approximate surface area is 97.7 Å². The standard InChI is InChI=1S/C9H13N5OS/c1-6(2)14(5-3-4-10)8(15)7-12-13-9(11)16-7/h6H,3,5H2,1-2H3,(H2,11,13). The predicted molar refractivity (Wildman–Crippen MR) is 60.7 cm³/mol. The van der Waals surface area contributed by atoms with Crippen molar-refractivity contribution in [2.24, 2.45) is 0 Å². The van der Waals surface area contributed by atoms with Gasteiger partial charge in [-0.3, -0.25) is 4.79 Å². The number of nitriles is 1. The van der Waals surface area contributed by atoms with E-state index in [1.165, 1.54) is 0 Å². The Hall–Kier alpha value is -1.68. The Kier molecular flexibility index (Phi) is 4.19. The van der Waals surface area contributed by atoms with Crippen molar-refractivity contribution in [2.75, 3.05) is 12.3 Å². The van der Waals surface area contributed by atoms with Gasteiger partial charge in [0.05, 0.1) is 12.5 Å². The molecule has 0 radical (unpaired) electrons. The van der Waals surface area contributed by atoms with E-state index in [0.717, 1.165) is 11.3 Å². The summed E-state index contributed by atoms with van der Waals surface area (Å²) in [6, 6.07) is 2.03. The zero-order chi connectivity index (χ0) is 12.1. The average Bonchev–Trinajstić information content (AvgIpc) is 2.64. The molecule has 0 spiro atoms. The quantitative estimate of drug-likeness (QED) is 0.841. The highest BCUT2D eigenvalue weighted by molar-refractivity contribution is 7.16. The molecule has 0 aliphatic heterocycles. The van der Waals surface area contributed by atoms with Gasteiger partial charge in [-0.25, -0.2) is 0 Å². The fourth-order valence-electron chi connectivity index (χ4n) is 1.21. The van der Waals surface area contributed by atoms with Crippen molar-refractivity contribution < 1.29 is 4.79 Å². The molecule has 0 aliphatic carbocycles. The lowest BCUT2D eigenvalue weighted by Gasteiger charge is -2.24. The van der Waals surface area contributed by atoms with Crippen molar-refractivity contribution in [3.8, 4) is 6.07 Å². The Balaban J connectivity index is 2.79. The number of nitrogens with two attached hydrogens (primary N) is 1. The SMILES string of the molecule is CC(C)N(CCC#N)C(=O)c1nnc(N)s1. The van der Waals surface area contributed by atoms with Gasteiger partial charge in [-0.1, -0.05) is 11.3 Å². The normalized spacial score (nSPS) is 10.1. The second kappa shape index (κ2) is 5.42. The van der Waals surface area contributed by atoms with Crippen molar-refractivity contribution >= 4 is 22.4 Å². The van der Waals surface area contributed by atoms with E-state index in [0.29, 0.717) is 13.0 Å². The van der Waals surface area contributed by atoms with Gasteiger partial charge in [0, 0.05) is 12.6 Å². The summed E-state index contributed by atoms with van der Waals surface area (Å²) in [7, 11) is 0. The number of nitrogens with zero attached hydrogens (tertiary/aromatic N) is 4. The van der Waals surface area contributed by atoms with E-state index in [1.807, 2.05) is 19.9 Å². The molecular weight excluding hydrogens is 226 g/mol. The van der Waals surface area contributed by atoms with Crippen LogP contribution in [0.1, 0.15) is 30.1 Å². The third-order valence-electron chi connectivity index (χ3n) is 1.97. The van der Waals surface area contributed by atoms with Gasteiger partial charge >= 0.3 is 0 Å². The van der Waals surface area contributed by atoms with E-state index < -0.39 is 0 Å². The Morgan fingerprint density at radius 2 is 2.31 bits per heavy atom. The maximum atomic E-state index is 12.0. The van der Waals surface area contributed by atoms with E-state index >= 15 is 0 Å². The molecular formula is C9H13N5OS. The van der Waals surface area contributed by atoms with E-state index in [4.69, 9.17) is 11.0 Å². The summed E-state index contributed by atoms with van der Waals surface area (Å²) >= 11 is 1.06. The molecule has 6 nitrogen and oxygen atoms in total. The molecule has 0 saturated carbocycles. The van der Waals surface area contributed by atoms with Crippen molar-refractivity contribution in [2.45, 2.75) is 26.3 Å². The minimum Gasteiger partial charge on any atom is -0.374 e. The number of carbonyl (C=O) groups is 1. The van der Waals surface area contributed by atoms with Gasteiger partial charge in [-0.2, -0.15) is 5.26 Å². The Morgan fingerprint density at radius 3 is 2.75 bits per heavy atom. The molecule has 0 aromatic carbocycles. The smallest absolute Gasteiger partial charge is 0.285 e. The summed E-state index contributed by atoms with van der Waals surface area (Å²) in [6.45, 7) is 4.17. The van der Waals surface area contributed by atoms with Gasteiger partial charge in [-0.05, 0) is 13.8 Å². The zero-order valence-electron chi connectivity index (χ0n) is 9.17. The first kappa shape index (κ1) is 12.4. The summed E-state index contributed by atoms with van der Waals surface area (Å²) in [6.07, 6.45) is 0.304. The molecule has 2 N–H and O–H groups in total. The number of nitrogen functional groups attached to an aromatic ring is 1. The molecule has 1 amide bonds. The van der Waals surface area contributed by atoms with Crippen LogP contribution in [-0.2, 0) is 0 Å². The first-order valence-corrected chi connectivity index (χ1v) is 5.64. The van der Waals surface area contributed by atoms with E-state index in [2.05, 4.69) is 10.2 Å². The summed E-state index contributed by atoms with van der Waals surface area (Å²) < 4.78 is 0. The van der Waals surface area contributed by atoms with Gasteiger partial charge in [0.2, 0.25) is 10.1 Å². The van der Waals surface area contributed by atoms with Crippen LogP contribution in [0.15, 0.2) is 0 Å². The molecule has 1 aromatic rings. The second-order valence-electron chi connectivity index (χ2n) is 3.45. The third kappa shape index (κ3) is 2.90. The monoisotopic (exact) mass is 239 g/mol. The van der Waals surface area contributed by atoms with E-state index in [-0.39, 0.29) is 22.1 Å². The fourth-order valence-corrected chi connectivity index (χ4v) is 1.77. The lowest BCUT2D eigenvalue weighted by atomic mass is 10.3. The molecule has 0 bridgehead atoms. The van der Waals surface area contributed by atoms with E-state index in [9.17, 15) is 4.79 Å². The van der Waals surface area contributed by atoms with Crippen molar-refractivity contribution in [3.05, 3.63) is 5.01 Å². The summed E-state index contributed by atoms with van der Waals surface area (Å²) in [5.41, 5.74) is 5.41. The molecule has 86 valence electrons. The van der Waals surface area contributed by atoms with Crippen molar-refractivity contribution in [1.29, 1.82) is 5.26 Å². The third-order valence-corrected chi connectivity index (χ3v) is 2.71.